The van der Waals surface area contributed by atoms with E-state index in [-0.39, 0.29) is 13.0 Å². The first kappa shape index (κ1) is 8.87. The van der Waals surface area contributed by atoms with Gasteiger partial charge in [-0.05, 0) is 6.54 Å². The number of alkyl halides is 2. The smallest absolute Gasteiger partial charge is 0.275 e. The second kappa shape index (κ2) is 3.03. The summed E-state index contributed by atoms with van der Waals surface area (Å²) in [6.45, 7) is 3.12. The molecule has 0 aromatic heterocycles. The Labute approximate surface area is 64.8 Å². The number of hydrogen-bond acceptors (Lipinski definition) is 2. The summed E-state index contributed by atoms with van der Waals surface area (Å²) >= 11 is 0. The van der Waals surface area contributed by atoms with Crippen LogP contribution in [0.2, 0.25) is 0 Å². The van der Waals surface area contributed by atoms with E-state index in [1.807, 2.05) is 11.8 Å². The lowest BCUT2D eigenvalue weighted by Crippen LogP contribution is -2.50. The van der Waals surface area contributed by atoms with Crippen molar-refractivity contribution in [2.45, 2.75) is 25.4 Å². The van der Waals surface area contributed by atoms with Gasteiger partial charge >= 0.3 is 0 Å². The Morgan fingerprint density at radius 1 is 1.64 bits per heavy atom. The predicted molar refractivity (Wildman–Crippen MR) is 37.7 cm³/mol. The molecular formula is C7H13F2NO. The quantitative estimate of drug-likeness (QED) is 0.618. The predicted octanol–water partition coefficient (Wildman–Crippen LogP) is 0.708. The molecule has 11 heavy (non-hydrogen) atoms. The molecular weight excluding hydrogens is 152 g/mol. The van der Waals surface area contributed by atoms with Crippen molar-refractivity contribution < 1.29 is 13.9 Å². The van der Waals surface area contributed by atoms with Gasteiger partial charge in [0.15, 0.2) is 0 Å². The van der Waals surface area contributed by atoms with Crippen LogP contribution in [-0.2, 0) is 0 Å². The van der Waals surface area contributed by atoms with E-state index in [0.717, 1.165) is 6.54 Å². The van der Waals surface area contributed by atoms with Crippen molar-refractivity contribution in [2.75, 3.05) is 19.6 Å². The molecule has 1 rings (SSSR count). The van der Waals surface area contributed by atoms with Crippen molar-refractivity contribution in [2.24, 2.45) is 0 Å². The molecule has 1 fully saturated rings. The average Bonchev–Trinajstić information content (AvgIpc) is 1.95. The molecule has 0 bridgehead atoms. The molecule has 0 aliphatic carbocycles. The third-order valence-corrected chi connectivity index (χ3v) is 2.13. The number of likely N-dealkylation sites (N-methyl/N-ethyl adjacent to an activating group) is 1. The van der Waals surface area contributed by atoms with Gasteiger partial charge in [-0.2, -0.15) is 0 Å². The Morgan fingerprint density at radius 3 is 2.73 bits per heavy atom. The number of likely N-dealkylation sites (tertiary alicyclic amines) is 1. The molecule has 1 heterocycles. The molecule has 1 aliphatic rings. The third kappa shape index (κ3) is 1.87. The van der Waals surface area contributed by atoms with E-state index in [1.54, 1.807) is 0 Å². The fourth-order valence-electron chi connectivity index (χ4n) is 1.23. The van der Waals surface area contributed by atoms with Gasteiger partial charge in [-0.15, -0.1) is 0 Å². The van der Waals surface area contributed by atoms with Crippen LogP contribution in [0.25, 0.3) is 0 Å². The second-order valence-electron chi connectivity index (χ2n) is 2.92. The summed E-state index contributed by atoms with van der Waals surface area (Å²) in [6.07, 6.45) is -1.70. The molecule has 0 aromatic rings. The SMILES string of the molecule is CCN1CCC(F)(F)C(O)C1. The first-order valence-electron chi connectivity index (χ1n) is 3.84. The molecule has 1 aliphatic heterocycles. The zero-order valence-electron chi connectivity index (χ0n) is 6.56. The normalized spacial score (nSPS) is 32.2. The van der Waals surface area contributed by atoms with Crippen LogP contribution in [0, 0.1) is 0 Å². The number of aliphatic hydroxyl groups is 1. The zero-order chi connectivity index (χ0) is 8.48. The molecule has 0 amide bonds. The summed E-state index contributed by atoms with van der Waals surface area (Å²) in [5.74, 6) is -2.87. The lowest BCUT2D eigenvalue weighted by molar-refractivity contribution is -0.146. The molecule has 1 N–H and O–H groups in total. The van der Waals surface area contributed by atoms with Crippen LogP contribution in [0.1, 0.15) is 13.3 Å². The number of hydrogen-bond donors (Lipinski definition) is 1. The van der Waals surface area contributed by atoms with Gasteiger partial charge in [-0.3, -0.25) is 0 Å². The molecule has 0 radical (unpaired) electrons. The van der Waals surface area contributed by atoms with Gasteiger partial charge in [0.05, 0.1) is 0 Å². The highest BCUT2D eigenvalue weighted by Crippen LogP contribution is 2.27. The zero-order valence-corrected chi connectivity index (χ0v) is 6.56. The highest BCUT2D eigenvalue weighted by Gasteiger charge is 2.42. The topological polar surface area (TPSA) is 23.5 Å². The number of halogens is 2. The number of nitrogens with zero attached hydrogens (tertiary/aromatic N) is 1. The lowest BCUT2D eigenvalue weighted by Gasteiger charge is -2.34. The number of β-amino-alcohol motifs (C(OH)–C–C–N with tert-alkyl or cyclic N) is 1. The maximum Gasteiger partial charge on any atom is 0.275 e. The van der Waals surface area contributed by atoms with Crippen LogP contribution in [0.3, 0.4) is 0 Å². The van der Waals surface area contributed by atoms with E-state index in [0.29, 0.717) is 6.54 Å². The van der Waals surface area contributed by atoms with Crippen LogP contribution < -0.4 is 0 Å². The maximum absolute atomic E-state index is 12.6. The van der Waals surface area contributed by atoms with Gasteiger partial charge in [-0.25, -0.2) is 8.78 Å². The first-order valence-corrected chi connectivity index (χ1v) is 3.84. The number of aliphatic hydroxyl groups excluding tert-OH is 1. The lowest BCUT2D eigenvalue weighted by atomic mass is 10.0. The fraction of sp³-hybridized carbons (Fsp3) is 1.00. The molecule has 66 valence electrons. The van der Waals surface area contributed by atoms with Crippen LogP contribution in [0.5, 0.6) is 0 Å². The van der Waals surface area contributed by atoms with Crippen LogP contribution >= 0.6 is 0 Å². The van der Waals surface area contributed by atoms with Crippen LogP contribution in [-0.4, -0.2) is 41.7 Å². The van der Waals surface area contributed by atoms with Gasteiger partial charge in [0.2, 0.25) is 0 Å². The summed E-state index contributed by atoms with van der Waals surface area (Å²) in [7, 11) is 0. The number of rotatable bonds is 1. The van der Waals surface area contributed by atoms with Gasteiger partial charge in [-0.1, -0.05) is 6.92 Å². The van der Waals surface area contributed by atoms with Crippen molar-refractivity contribution in [3.63, 3.8) is 0 Å². The fourth-order valence-corrected chi connectivity index (χ4v) is 1.23. The minimum Gasteiger partial charge on any atom is -0.386 e. The monoisotopic (exact) mass is 165 g/mol. The third-order valence-electron chi connectivity index (χ3n) is 2.13. The molecule has 1 unspecified atom stereocenters. The molecule has 0 aromatic carbocycles. The molecule has 4 heteroatoms. The highest BCUT2D eigenvalue weighted by molar-refractivity contribution is 4.85. The van der Waals surface area contributed by atoms with E-state index in [4.69, 9.17) is 5.11 Å². The summed E-state index contributed by atoms with van der Waals surface area (Å²) in [5, 5.41) is 8.95. The van der Waals surface area contributed by atoms with E-state index in [2.05, 4.69) is 0 Å². The largest absolute Gasteiger partial charge is 0.386 e. The van der Waals surface area contributed by atoms with Crippen molar-refractivity contribution in [3.8, 4) is 0 Å². The van der Waals surface area contributed by atoms with Crippen molar-refractivity contribution in [1.29, 1.82) is 0 Å². The van der Waals surface area contributed by atoms with Crippen LogP contribution in [0.4, 0.5) is 8.78 Å². The van der Waals surface area contributed by atoms with Gasteiger partial charge in [0.25, 0.3) is 5.92 Å². The summed E-state index contributed by atoms with van der Waals surface area (Å²) in [5.41, 5.74) is 0. The molecule has 0 spiro atoms. The highest BCUT2D eigenvalue weighted by atomic mass is 19.3. The molecule has 0 saturated carbocycles. The van der Waals surface area contributed by atoms with E-state index < -0.39 is 12.0 Å². The van der Waals surface area contributed by atoms with Crippen molar-refractivity contribution >= 4 is 0 Å². The summed E-state index contributed by atoms with van der Waals surface area (Å²) in [6, 6.07) is 0. The van der Waals surface area contributed by atoms with E-state index >= 15 is 0 Å². The van der Waals surface area contributed by atoms with Gasteiger partial charge in [0.1, 0.15) is 6.10 Å². The van der Waals surface area contributed by atoms with E-state index in [9.17, 15) is 8.78 Å². The second-order valence-corrected chi connectivity index (χ2v) is 2.92. The minimum absolute atomic E-state index is 0.101. The molecule has 1 atom stereocenters. The van der Waals surface area contributed by atoms with E-state index in [1.165, 1.54) is 0 Å². The maximum atomic E-state index is 12.6. The first-order chi connectivity index (χ1) is 5.06. The molecule has 2 nitrogen and oxygen atoms in total. The van der Waals surface area contributed by atoms with Gasteiger partial charge < -0.3 is 10.0 Å². The van der Waals surface area contributed by atoms with Crippen molar-refractivity contribution in [1.82, 2.24) is 4.90 Å². The van der Waals surface area contributed by atoms with Gasteiger partial charge in [0, 0.05) is 19.5 Å². The minimum atomic E-state index is -2.87. The Bertz CT molecular complexity index is 140. The Morgan fingerprint density at radius 2 is 2.27 bits per heavy atom. The van der Waals surface area contributed by atoms with Crippen LogP contribution in [0.15, 0.2) is 0 Å². The standard InChI is InChI=1S/C7H13F2NO/c1-2-10-4-3-7(8,9)6(11)5-10/h6,11H,2-5H2,1H3. The Kier molecular flexibility index (Phi) is 2.44. The average molecular weight is 165 g/mol. The molecule has 1 saturated heterocycles. The number of piperidine rings is 1. The Hall–Kier alpha value is -0.220. The Balaban J connectivity index is 2.48. The van der Waals surface area contributed by atoms with Crippen molar-refractivity contribution in [3.05, 3.63) is 0 Å². The summed E-state index contributed by atoms with van der Waals surface area (Å²) < 4.78 is 25.3. The summed E-state index contributed by atoms with van der Waals surface area (Å²) in [4.78, 5) is 1.82.